The predicted molar refractivity (Wildman–Crippen MR) is 57.6 cm³/mol. The monoisotopic (exact) mass is 212 g/mol. The number of aliphatic hydroxyl groups is 1. The van der Waals surface area contributed by atoms with E-state index in [9.17, 15) is 9.90 Å². The summed E-state index contributed by atoms with van der Waals surface area (Å²) >= 11 is 0. The fraction of sp³-hybridized carbons (Fsp3) is 0.909. The SMILES string of the molecule is CC1CCCC(O)(CN2CCNC2=O)C1. The summed E-state index contributed by atoms with van der Waals surface area (Å²) in [5.41, 5.74) is -0.640. The number of hydrogen-bond acceptors (Lipinski definition) is 2. The zero-order chi connectivity index (χ0) is 10.9. The Hall–Kier alpha value is -0.770. The van der Waals surface area contributed by atoms with Crippen molar-refractivity contribution in [3.63, 3.8) is 0 Å². The van der Waals surface area contributed by atoms with Gasteiger partial charge < -0.3 is 15.3 Å². The first-order valence-electron chi connectivity index (χ1n) is 5.84. The van der Waals surface area contributed by atoms with E-state index in [1.807, 2.05) is 0 Å². The summed E-state index contributed by atoms with van der Waals surface area (Å²) in [6.45, 7) is 4.12. The molecule has 2 N–H and O–H groups in total. The number of nitrogens with one attached hydrogen (secondary N) is 1. The van der Waals surface area contributed by atoms with Crippen molar-refractivity contribution in [3.05, 3.63) is 0 Å². The Kier molecular flexibility index (Phi) is 2.87. The molecule has 1 saturated heterocycles. The van der Waals surface area contributed by atoms with Crippen LogP contribution >= 0.6 is 0 Å². The van der Waals surface area contributed by atoms with E-state index < -0.39 is 5.60 Å². The van der Waals surface area contributed by atoms with Crippen molar-refractivity contribution < 1.29 is 9.90 Å². The van der Waals surface area contributed by atoms with E-state index in [0.29, 0.717) is 19.0 Å². The minimum absolute atomic E-state index is 0.0262. The first-order valence-corrected chi connectivity index (χ1v) is 5.84. The van der Waals surface area contributed by atoms with Crippen molar-refractivity contribution in [2.75, 3.05) is 19.6 Å². The Balaban J connectivity index is 1.94. The molecule has 86 valence electrons. The highest BCUT2D eigenvalue weighted by atomic mass is 16.3. The van der Waals surface area contributed by atoms with Gasteiger partial charge in [-0.25, -0.2) is 4.79 Å². The fourth-order valence-corrected chi connectivity index (χ4v) is 2.79. The van der Waals surface area contributed by atoms with Crippen LogP contribution in [-0.2, 0) is 0 Å². The molecule has 0 radical (unpaired) electrons. The van der Waals surface area contributed by atoms with Crippen LogP contribution in [0.4, 0.5) is 4.79 Å². The predicted octanol–water partition coefficient (Wildman–Crippen LogP) is 0.953. The van der Waals surface area contributed by atoms with Crippen molar-refractivity contribution in [1.82, 2.24) is 10.2 Å². The molecule has 0 aromatic carbocycles. The zero-order valence-electron chi connectivity index (χ0n) is 9.33. The van der Waals surface area contributed by atoms with Crippen LogP contribution in [0.2, 0.25) is 0 Å². The van der Waals surface area contributed by atoms with Crippen LogP contribution in [0.5, 0.6) is 0 Å². The molecule has 15 heavy (non-hydrogen) atoms. The maximum atomic E-state index is 11.4. The summed E-state index contributed by atoms with van der Waals surface area (Å²) in [4.78, 5) is 13.1. The molecule has 1 heterocycles. The number of amides is 2. The highest BCUT2D eigenvalue weighted by Gasteiger charge is 2.36. The molecule has 2 amide bonds. The van der Waals surface area contributed by atoms with E-state index in [1.165, 1.54) is 6.42 Å². The first-order chi connectivity index (χ1) is 7.09. The molecule has 0 bridgehead atoms. The first kappa shape index (κ1) is 10.7. The fourth-order valence-electron chi connectivity index (χ4n) is 2.79. The average Bonchev–Trinajstić information content (AvgIpc) is 2.50. The lowest BCUT2D eigenvalue weighted by Gasteiger charge is -2.37. The van der Waals surface area contributed by atoms with Crippen LogP contribution < -0.4 is 5.32 Å². The minimum Gasteiger partial charge on any atom is -0.388 e. The molecule has 2 atom stereocenters. The van der Waals surface area contributed by atoms with Gasteiger partial charge in [-0.05, 0) is 18.8 Å². The van der Waals surface area contributed by atoms with Gasteiger partial charge in [0.2, 0.25) is 0 Å². The molecule has 2 unspecified atom stereocenters. The van der Waals surface area contributed by atoms with Crippen LogP contribution in [0.15, 0.2) is 0 Å². The van der Waals surface area contributed by atoms with Gasteiger partial charge in [0.05, 0.1) is 12.1 Å². The van der Waals surface area contributed by atoms with Gasteiger partial charge in [-0.15, -0.1) is 0 Å². The summed E-state index contributed by atoms with van der Waals surface area (Å²) < 4.78 is 0. The molecule has 0 spiro atoms. The Morgan fingerprint density at radius 3 is 3.07 bits per heavy atom. The number of urea groups is 1. The number of carbonyl (C=O) groups excluding carboxylic acids is 1. The maximum absolute atomic E-state index is 11.4. The summed E-state index contributed by atoms with van der Waals surface area (Å²) in [5.74, 6) is 0.578. The van der Waals surface area contributed by atoms with Crippen LogP contribution in [-0.4, -0.2) is 41.3 Å². The molecule has 2 aliphatic rings. The second kappa shape index (κ2) is 4.00. The molecule has 1 aliphatic heterocycles. The number of β-amino-alcohol motifs (C(OH)–C–C–N with tert-alkyl or cyclic N) is 1. The van der Waals surface area contributed by atoms with E-state index in [0.717, 1.165) is 25.8 Å². The smallest absolute Gasteiger partial charge is 0.317 e. The van der Waals surface area contributed by atoms with Gasteiger partial charge in [-0.2, -0.15) is 0 Å². The maximum Gasteiger partial charge on any atom is 0.317 e. The Labute approximate surface area is 90.6 Å². The second-order valence-electron chi connectivity index (χ2n) is 5.08. The molecular formula is C11H20N2O2. The largest absolute Gasteiger partial charge is 0.388 e. The standard InChI is InChI=1S/C11H20N2O2/c1-9-3-2-4-11(15,7-9)8-13-6-5-12-10(13)14/h9,15H,2-8H2,1H3,(H,12,14). The van der Waals surface area contributed by atoms with E-state index >= 15 is 0 Å². The topological polar surface area (TPSA) is 52.6 Å². The van der Waals surface area contributed by atoms with Gasteiger partial charge in [-0.3, -0.25) is 0 Å². The molecule has 1 saturated carbocycles. The molecule has 2 rings (SSSR count). The van der Waals surface area contributed by atoms with Crippen molar-refractivity contribution in [1.29, 1.82) is 0 Å². The van der Waals surface area contributed by atoms with Gasteiger partial charge in [0.1, 0.15) is 0 Å². The summed E-state index contributed by atoms with van der Waals surface area (Å²) in [6.07, 6.45) is 3.94. The minimum atomic E-state index is -0.640. The molecule has 0 aromatic heterocycles. The van der Waals surface area contributed by atoms with Crippen molar-refractivity contribution >= 4 is 6.03 Å². The van der Waals surface area contributed by atoms with E-state index in [4.69, 9.17) is 0 Å². The molecule has 2 fully saturated rings. The number of rotatable bonds is 2. The third-order valence-corrected chi connectivity index (χ3v) is 3.50. The van der Waals surface area contributed by atoms with Gasteiger partial charge in [0, 0.05) is 13.1 Å². The van der Waals surface area contributed by atoms with Crippen molar-refractivity contribution in [3.8, 4) is 0 Å². The molecule has 4 nitrogen and oxygen atoms in total. The Morgan fingerprint density at radius 1 is 1.67 bits per heavy atom. The van der Waals surface area contributed by atoms with Gasteiger partial charge in [0.25, 0.3) is 0 Å². The van der Waals surface area contributed by atoms with Crippen LogP contribution in [0.3, 0.4) is 0 Å². The molecule has 0 aromatic rings. The Morgan fingerprint density at radius 2 is 2.47 bits per heavy atom. The van der Waals surface area contributed by atoms with Crippen LogP contribution in [0, 0.1) is 5.92 Å². The lowest BCUT2D eigenvalue weighted by molar-refractivity contribution is -0.0291. The third-order valence-electron chi connectivity index (χ3n) is 3.50. The molecule has 4 heteroatoms. The zero-order valence-corrected chi connectivity index (χ0v) is 9.33. The average molecular weight is 212 g/mol. The van der Waals surface area contributed by atoms with E-state index in [-0.39, 0.29) is 6.03 Å². The van der Waals surface area contributed by atoms with E-state index in [2.05, 4.69) is 12.2 Å². The van der Waals surface area contributed by atoms with Crippen molar-refractivity contribution in [2.24, 2.45) is 5.92 Å². The van der Waals surface area contributed by atoms with E-state index in [1.54, 1.807) is 4.90 Å². The summed E-state index contributed by atoms with van der Waals surface area (Å²) in [7, 11) is 0. The van der Waals surface area contributed by atoms with Gasteiger partial charge in [-0.1, -0.05) is 19.8 Å². The molecule has 1 aliphatic carbocycles. The lowest BCUT2D eigenvalue weighted by Crippen LogP contribution is -2.47. The summed E-state index contributed by atoms with van der Waals surface area (Å²) in [5, 5.41) is 13.2. The molecular weight excluding hydrogens is 192 g/mol. The quantitative estimate of drug-likeness (QED) is 0.716. The lowest BCUT2D eigenvalue weighted by atomic mass is 9.78. The highest BCUT2D eigenvalue weighted by molar-refractivity contribution is 5.76. The highest BCUT2D eigenvalue weighted by Crippen LogP contribution is 2.32. The van der Waals surface area contributed by atoms with Crippen LogP contribution in [0.25, 0.3) is 0 Å². The Bertz CT molecular complexity index is 257. The summed E-state index contributed by atoms with van der Waals surface area (Å²) in [6, 6.07) is -0.0262. The van der Waals surface area contributed by atoms with Crippen molar-refractivity contribution in [2.45, 2.75) is 38.2 Å². The number of hydrogen-bond donors (Lipinski definition) is 2. The van der Waals surface area contributed by atoms with Gasteiger partial charge in [0.15, 0.2) is 0 Å². The number of nitrogens with zero attached hydrogens (tertiary/aromatic N) is 1. The van der Waals surface area contributed by atoms with Crippen LogP contribution in [0.1, 0.15) is 32.6 Å². The second-order valence-corrected chi connectivity index (χ2v) is 5.08. The third kappa shape index (κ3) is 2.43. The number of carbonyl (C=O) groups is 1. The van der Waals surface area contributed by atoms with Gasteiger partial charge >= 0.3 is 6.03 Å². The normalized spacial score (nSPS) is 36.8.